The molecule has 2 amide bonds. The third-order valence-electron chi connectivity index (χ3n) is 5.68. The summed E-state index contributed by atoms with van der Waals surface area (Å²) < 4.78 is 28.0. The van der Waals surface area contributed by atoms with E-state index in [2.05, 4.69) is 37.4 Å². The highest BCUT2D eigenvalue weighted by Gasteiger charge is 2.53. The van der Waals surface area contributed by atoms with Crippen molar-refractivity contribution in [3.8, 4) is 0 Å². The summed E-state index contributed by atoms with van der Waals surface area (Å²) in [6, 6.07) is -0.250. The third kappa shape index (κ3) is 8.58. The number of nitrogens with two attached hydrogens (primary N) is 1. The molecule has 184 valence electrons. The summed E-state index contributed by atoms with van der Waals surface area (Å²) in [5.74, 6) is -0.321. The summed E-state index contributed by atoms with van der Waals surface area (Å²) in [5, 5.41) is 2.79. The Bertz CT molecular complexity index is 787. The van der Waals surface area contributed by atoms with Gasteiger partial charge in [-0.25, -0.2) is 4.79 Å². The van der Waals surface area contributed by atoms with Gasteiger partial charge in [-0.2, -0.15) is 0 Å². The normalized spacial score (nSPS) is 32.7. The molecular weight excluding hydrogens is 428 g/mol. The van der Waals surface area contributed by atoms with Gasteiger partial charge in [-0.1, -0.05) is 23.8 Å². The van der Waals surface area contributed by atoms with Crippen molar-refractivity contribution >= 4 is 12.0 Å². The number of epoxide rings is 1. The molecule has 3 heterocycles. The molecule has 9 heteroatoms. The van der Waals surface area contributed by atoms with E-state index in [1.54, 1.807) is 6.92 Å². The Kier molecular flexibility index (Phi) is 8.33. The third-order valence-corrected chi connectivity index (χ3v) is 5.68. The lowest BCUT2D eigenvalue weighted by Crippen LogP contribution is -2.46. The van der Waals surface area contributed by atoms with Crippen LogP contribution in [0.3, 0.4) is 0 Å². The first-order valence-electron chi connectivity index (χ1n) is 11.4. The van der Waals surface area contributed by atoms with E-state index < -0.39 is 12.2 Å². The average molecular weight is 465 g/mol. The summed E-state index contributed by atoms with van der Waals surface area (Å²) in [7, 11) is 0. The highest BCUT2D eigenvalue weighted by atomic mass is 16.7. The summed E-state index contributed by atoms with van der Waals surface area (Å²) in [4.78, 5) is 22.6. The number of hydrogen-bond donors (Lipinski definition) is 2. The number of carbonyl (C=O) groups excluding carboxylic acids is 2. The van der Waals surface area contributed by atoms with Crippen molar-refractivity contribution in [3.05, 3.63) is 36.0 Å². The second-order valence-corrected chi connectivity index (χ2v) is 9.61. The Balaban J connectivity index is 1.36. The molecule has 0 bridgehead atoms. The minimum Gasteiger partial charge on any atom is -0.442 e. The van der Waals surface area contributed by atoms with Gasteiger partial charge in [0.2, 0.25) is 5.91 Å². The van der Waals surface area contributed by atoms with Crippen LogP contribution in [0.15, 0.2) is 36.0 Å². The van der Waals surface area contributed by atoms with E-state index >= 15 is 0 Å². The van der Waals surface area contributed by atoms with Crippen LogP contribution >= 0.6 is 0 Å². The summed E-state index contributed by atoms with van der Waals surface area (Å²) in [6.07, 6.45) is 9.67. The van der Waals surface area contributed by atoms with Crippen molar-refractivity contribution in [2.45, 2.75) is 82.7 Å². The second-order valence-electron chi connectivity index (χ2n) is 9.61. The highest BCUT2D eigenvalue weighted by Crippen LogP contribution is 2.46. The average Bonchev–Trinajstić information content (AvgIpc) is 3.46. The van der Waals surface area contributed by atoms with Crippen LogP contribution in [-0.4, -0.2) is 67.6 Å². The molecule has 3 N–H and O–H groups in total. The van der Waals surface area contributed by atoms with Gasteiger partial charge in [0, 0.05) is 25.3 Å². The lowest BCUT2D eigenvalue weighted by atomic mass is 9.85. The quantitative estimate of drug-likeness (QED) is 0.321. The Morgan fingerprint density at radius 1 is 1.24 bits per heavy atom. The molecule has 0 aromatic rings. The van der Waals surface area contributed by atoms with Gasteiger partial charge in [0.15, 0.2) is 6.29 Å². The van der Waals surface area contributed by atoms with E-state index in [9.17, 15) is 9.59 Å². The van der Waals surface area contributed by atoms with Crippen LogP contribution in [0.25, 0.3) is 0 Å². The Morgan fingerprint density at radius 3 is 2.58 bits per heavy atom. The number of primary amides is 1. The number of hydrogen-bond acceptors (Lipinski definition) is 7. The zero-order valence-electron chi connectivity index (χ0n) is 19.9. The number of allylic oxidation sites excluding steroid dienone is 2. The first-order valence-corrected chi connectivity index (χ1v) is 11.4. The maximum Gasteiger partial charge on any atom is 0.405 e. The van der Waals surface area contributed by atoms with E-state index in [-0.39, 0.29) is 35.5 Å². The van der Waals surface area contributed by atoms with Gasteiger partial charge in [0.25, 0.3) is 0 Å². The molecule has 3 aliphatic rings. The van der Waals surface area contributed by atoms with E-state index in [1.165, 1.54) is 12.2 Å². The number of nitrogens with one attached hydrogen (secondary N) is 1. The topological polar surface area (TPSA) is 122 Å². The zero-order valence-corrected chi connectivity index (χ0v) is 19.9. The van der Waals surface area contributed by atoms with Crippen molar-refractivity contribution in [2.24, 2.45) is 5.73 Å². The number of ether oxygens (including phenoxy) is 5. The molecule has 0 aromatic carbocycles. The SMILES string of the molecule is CC(/C=C/[C@@H]1C[C@]2(CO2)CC(C)(C)O1)=C\C[C@H]1OC[C@@H](NC(=O)/C=C\[C@H](C)OC(N)=O)CO1. The van der Waals surface area contributed by atoms with Crippen LogP contribution < -0.4 is 11.1 Å². The first kappa shape index (κ1) is 25.4. The molecule has 0 unspecified atom stereocenters. The molecule has 3 atom stereocenters. The molecule has 0 saturated carbocycles. The van der Waals surface area contributed by atoms with E-state index in [0.717, 1.165) is 25.0 Å². The van der Waals surface area contributed by atoms with Gasteiger partial charge in [-0.3, -0.25) is 4.79 Å². The smallest absolute Gasteiger partial charge is 0.405 e. The van der Waals surface area contributed by atoms with Gasteiger partial charge in [-0.05, 0) is 33.8 Å². The number of amides is 2. The minimum atomic E-state index is -0.889. The van der Waals surface area contributed by atoms with Crippen LogP contribution in [0.1, 0.15) is 47.0 Å². The number of rotatable bonds is 8. The fourth-order valence-corrected chi connectivity index (χ4v) is 4.20. The Morgan fingerprint density at radius 2 is 1.94 bits per heavy atom. The van der Waals surface area contributed by atoms with Crippen molar-refractivity contribution < 1.29 is 33.3 Å². The lowest BCUT2D eigenvalue weighted by molar-refractivity contribution is -0.187. The maximum atomic E-state index is 12.0. The standard InChI is InChI=1S/C24H36N2O7/c1-16(5-8-19-11-24(15-31-24)14-23(3,4)33-19)6-10-21-29-12-18(13-30-21)26-20(27)9-7-17(2)32-22(25)28/h5-9,17-19,21H,10-15H2,1-4H3,(H2,25,28)(H,26,27)/b8-5+,9-7-,16-6+/t17-,18-,19+,21+,24+/m0/s1. The summed E-state index contributed by atoms with van der Waals surface area (Å²) in [6.45, 7) is 9.41. The van der Waals surface area contributed by atoms with E-state index in [4.69, 9.17) is 29.4 Å². The fraction of sp³-hybridized carbons (Fsp3) is 0.667. The van der Waals surface area contributed by atoms with Crippen LogP contribution in [0.2, 0.25) is 0 Å². The molecule has 1 spiro atoms. The van der Waals surface area contributed by atoms with Crippen molar-refractivity contribution in [3.63, 3.8) is 0 Å². The van der Waals surface area contributed by atoms with Gasteiger partial charge < -0.3 is 34.7 Å². The molecule has 3 aliphatic heterocycles. The molecular formula is C24H36N2O7. The van der Waals surface area contributed by atoms with Gasteiger partial charge >= 0.3 is 6.09 Å². The molecule has 9 nitrogen and oxygen atoms in total. The molecule has 0 aromatic heterocycles. The van der Waals surface area contributed by atoms with Crippen LogP contribution in [0.5, 0.6) is 0 Å². The molecule has 33 heavy (non-hydrogen) atoms. The summed E-state index contributed by atoms with van der Waals surface area (Å²) in [5.41, 5.74) is 5.87. The lowest BCUT2D eigenvalue weighted by Gasteiger charge is -2.38. The summed E-state index contributed by atoms with van der Waals surface area (Å²) >= 11 is 0. The minimum absolute atomic E-state index is 0.00937. The highest BCUT2D eigenvalue weighted by molar-refractivity contribution is 5.87. The predicted molar refractivity (Wildman–Crippen MR) is 121 cm³/mol. The second kappa shape index (κ2) is 10.8. The van der Waals surface area contributed by atoms with Gasteiger partial charge in [-0.15, -0.1) is 0 Å². The largest absolute Gasteiger partial charge is 0.442 e. The monoisotopic (exact) mass is 464 g/mol. The molecule has 0 aliphatic carbocycles. The van der Waals surface area contributed by atoms with E-state index in [1.807, 2.05) is 6.92 Å². The maximum absolute atomic E-state index is 12.0. The van der Waals surface area contributed by atoms with Crippen LogP contribution in [-0.2, 0) is 28.5 Å². The Labute approximate surface area is 195 Å². The molecule has 3 rings (SSSR count). The molecule has 0 radical (unpaired) electrons. The first-order chi connectivity index (χ1) is 15.5. The van der Waals surface area contributed by atoms with Gasteiger partial charge in [0.1, 0.15) is 6.10 Å². The fourth-order valence-electron chi connectivity index (χ4n) is 4.20. The van der Waals surface area contributed by atoms with Crippen molar-refractivity contribution in [2.75, 3.05) is 19.8 Å². The van der Waals surface area contributed by atoms with Gasteiger partial charge in [0.05, 0.1) is 43.2 Å². The predicted octanol–water partition coefficient (Wildman–Crippen LogP) is 2.50. The molecule has 3 fully saturated rings. The van der Waals surface area contributed by atoms with E-state index in [0.29, 0.717) is 19.6 Å². The van der Waals surface area contributed by atoms with Crippen molar-refractivity contribution in [1.82, 2.24) is 5.32 Å². The Hall–Kier alpha value is -2.20. The molecule has 3 saturated heterocycles. The zero-order chi connectivity index (χ0) is 24.1. The van der Waals surface area contributed by atoms with Crippen molar-refractivity contribution in [1.29, 1.82) is 0 Å². The van der Waals surface area contributed by atoms with Crippen LogP contribution in [0.4, 0.5) is 4.79 Å². The van der Waals surface area contributed by atoms with Crippen LogP contribution in [0, 0.1) is 0 Å². The number of carbonyl (C=O) groups is 2.